The zero-order valence-electron chi connectivity index (χ0n) is 14.7. The molecule has 0 radical (unpaired) electrons. The van der Waals surface area contributed by atoms with Crippen molar-refractivity contribution in [3.05, 3.63) is 0 Å². The summed E-state index contributed by atoms with van der Waals surface area (Å²) in [5, 5.41) is 9.59. The minimum atomic E-state index is -0.669. The molecule has 1 heterocycles. The molecule has 0 aromatic carbocycles. The van der Waals surface area contributed by atoms with Crippen molar-refractivity contribution in [1.82, 2.24) is 16.0 Å². The lowest BCUT2D eigenvalue weighted by molar-refractivity contribution is -0.137. The Morgan fingerprint density at radius 2 is 1.96 bits per heavy atom. The third kappa shape index (κ3) is 4.93. The molecule has 1 saturated heterocycles. The third-order valence-corrected chi connectivity index (χ3v) is 5.31. The topological polar surface area (TPSA) is 70.2 Å². The standard InChI is InChI=1S/C18H33N3O2/c1-3-4-11-20-17(23)18(9-6-5-7-10-18)21-16(22)15-8-12-19-14(2)13-15/h14-15,19H,3-13H2,1-2H3,(H,20,23)(H,21,22)/t14-,15-/m0/s1. The molecule has 2 atom stereocenters. The summed E-state index contributed by atoms with van der Waals surface area (Å²) in [6.07, 6.45) is 8.52. The van der Waals surface area contributed by atoms with Gasteiger partial charge in [-0.3, -0.25) is 9.59 Å². The van der Waals surface area contributed by atoms with E-state index in [2.05, 4.69) is 29.8 Å². The molecule has 5 heteroatoms. The average molecular weight is 323 g/mol. The predicted molar refractivity (Wildman–Crippen MR) is 92.1 cm³/mol. The molecular weight excluding hydrogens is 290 g/mol. The SMILES string of the molecule is CCCCNC(=O)C1(NC(=O)[C@H]2CCN[C@@H](C)C2)CCCCC1. The molecule has 5 nitrogen and oxygen atoms in total. The normalized spacial score (nSPS) is 27.2. The molecule has 0 bridgehead atoms. The number of carbonyl (C=O) groups excluding carboxylic acids is 2. The molecule has 0 aromatic heterocycles. The molecule has 1 saturated carbocycles. The molecule has 2 amide bonds. The highest BCUT2D eigenvalue weighted by atomic mass is 16.2. The van der Waals surface area contributed by atoms with Crippen LogP contribution >= 0.6 is 0 Å². The number of piperidine rings is 1. The van der Waals surface area contributed by atoms with Crippen LogP contribution in [0.1, 0.15) is 71.6 Å². The second-order valence-corrected chi connectivity index (χ2v) is 7.32. The van der Waals surface area contributed by atoms with Crippen LogP contribution in [0, 0.1) is 5.92 Å². The Balaban J connectivity index is 1.99. The Bertz CT molecular complexity index is 405. The van der Waals surface area contributed by atoms with Gasteiger partial charge in [0.05, 0.1) is 0 Å². The molecule has 132 valence electrons. The van der Waals surface area contributed by atoms with Crippen molar-refractivity contribution in [3.63, 3.8) is 0 Å². The predicted octanol–water partition coefficient (Wildman–Crippen LogP) is 2.11. The largest absolute Gasteiger partial charge is 0.354 e. The maximum atomic E-state index is 12.7. The van der Waals surface area contributed by atoms with Gasteiger partial charge in [0.2, 0.25) is 11.8 Å². The molecule has 23 heavy (non-hydrogen) atoms. The van der Waals surface area contributed by atoms with E-state index in [-0.39, 0.29) is 17.7 Å². The van der Waals surface area contributed by atoms with E-state index in [4.69, 9.17) is 0 Å². The third-order valence-electron chi connectivity index (χ3n) is 5.31. The van der Waals surface area contributed by atoms with E-state index in [9.17, 15) is 9.59 Å². The summed E-state index contributed by atoms with van der Waals surface area (Å²) in [4.78, 5) is 25.5. The summed E-state index contributed by atoms with van der Waals surface area (Å²) >= 11 is 0. The van der Waals surface area contributed by atoms with Crippen molar-refractivity contribution in [3.8, 4) is 0 Å². The van der Waals surface area contributed by atoms with Gasteiger partial charge in [0.15, 0.2) is 0 Å². The highest BCUT2D eigenvalue weighted by Crippen LogP contribution is 2.29. The Morgan fingerprint density at radius 3 is 2.61 bits per heavy atom. The van der Waals surface area contributed by atoms with Gasteiger partial charge in [0.1, 0.15) is 5.54 Å². The summed E-state index contributed by atoms with van der Waals surface area (Å²) in [6, 6.07) is 0.375. The molecule has 2 fully saturated rings. The fourth-order valence-electron chi connectivity index (χ4n) is 3.82. The maximum Gasteiger partial charge on any atom is 0.245 e. The zero-order valence-corrected chi connectivity index (χ0v) is 14.7. The molecule has 2 aliphatic rings. The van der Waals surface area contributed by atoms with Crippen LogP contribution in [0.5, 0.6) is 0 Å². The first-order valence-electron chi connectivity index (χ1n) is 9.41. The van der Waals surface area contributed by atoms with Crippen molar-refractivity contribution in [2.45, 2.75) is 83.2 Å². The first kappa shape index (κ1) is 18.2. The molecule has 2 rings (SSSR count). The first-order chi connectivity index (χ1) is 11.1. The summed E-state index contributed by atoms with van der Waals surface area (Å²) < 4.78 is 0. The van der Waals surface area contributed by atoms with Crippen molar-refractivity contribution in [2.24, 2.45) is 5.92 Å². The first-order valence-corrected chi connectivity index (χ1v) is 9.41. The van der Waals surface area contributed by atoms with Gasteiger partial charge in [-0.2, -0.15) is 0 Å². The summed E-state index contributed by atoms with van der Waals surface area (Å²) in [5.74, 6) is 0.139. The summed E-state index contributed by atoms with van der Waals surface area (Å²) in [7, 11) is 0. The second-order valence-electron chi connectivity index (χ2n) is 7.32. The number of carbonyl (C=O) groups is 2. The van der Waals surface area contributed by atoms with Crippen LogP contribution in [-0.4, -0.2) is 36.5 Å². The van der Waals surface area contributed by atoms with Gasteiger partial charge < -0.3 is 16.0 Å². The Hall–Kier alpha value is -1.10. The fourth-order valence-corrected chi connectivity index (χ4v) is 3.82. The van der Waals surface area contributed by atoms with E-state index in [1.165, 1.54) is 0 Å². The number of hydrogen-bond donors (Lipinski definition) is 3. The number of nitrogens with one attached hydrogen (secondary N) is 3. The number of rotatable bonds is 6. The van der Waals surface area contributed by atoms with Gasteiger partial charge in [-0.05, 0) is 45.6 Å². The highest BCUT2D eigenvalue weighted by Gasteiger charge is 2.42. The van der Waals surface area contributed by atoms with Crippen LogP contribution < -0.4 is 16.0 Å². The van der Waals surface area contributed by atoms with E-state index >= 15 is 0 Å². The molecule has 3 N–H and O–H groups in total. The number of hydrogen-bond acceptors (Lipinski definition) is 3. The second kappa shape index (κ2) is 8.67. The highest BCUT2D eigenvalue weighted by molar-refractivity contribution is 5.92. The van der Waals surface area contributed by atoms with Gasteiger partial charge in [0.25, 0.3) is 0 Å². The van der Waals surface area contributed by atoms with Crippen LogP contribution in [0.3, 0.4) is 0 Å². The summed E-state index contributed by atoms with van der Waals surface area (Å²) in [6.45, 7) is 5.82. The fraction of sp³-hybridized carbons (Fsp3) is 0.889. The van der Waals surface area contributed by atoms with E-state index in [1.807, 2.05) is 0 Å². The monoisotopic (exact) mass is 323 g/mol. The Morgan fingerprint density at radius 1 is 1.22 bits per heavy atom. The maximum absolute atomic E-state index is 12.7. The molecular formula is C18H33N3O2. The van der Waals surface area contributed by atoms with E-state index in [0.717, 1.165) is 64.3 Å². The lowest BCUT2D eigenvalue weighted by Crippen LogP contribution is -2.61. The molecule has 1 aliphatic heterocycles. The van der Waals surface area contributed by atoms with Gasteiger partial charge in [-0.15, -0.1) is 0 Å². The van der Waals surface area contributed by atoms with E-state index in [1.54, 1.807) is 0 Å². The Labute approximate surface area is 140 Å². The molecule has 1 aliphatic carbocycles. The van der Waals surface area contributed by atoms with E-state index < -0.39 is 5.54 Å². The smallest absolute Gasteiger partial charge is 0.245 e. The van der Waals surface area contributed by atoms with Crippen molar-refractivity contribution in [2.75, 3.05) is 13.1 Å². The minimum Gasteiger partial charge on any atom is -0.354 e. The van der Waals surface area contributed by atoms with Crippen molar-refractivity contribution in [1.29, 1.82) is 0 Å². The van der Waals surface area contributed by atoms with Crippen LogP contribution in [0.2, 0.25) is 0 Å². The van der Waals surface area contributed by atoms with Crippen LogP contribution in [0.4, 0.5) is 0 Å². The lowest BCUT2D eigenvalue weighted by atomic mass is 9.80. The van der Waals surface area contributed by atoms with Crippen LogP contribution in [-0.2, 0) is 9.59 Å². The average Bonchev–Trinajstić information content (AvgIpc) is 2.55. The quantitative estimate of drug-likeness (QED) is 0.656. The molecule has 0 unspecified atom stereocenters. The van der Waals surface area contributed by atoms with E-state index in [0.29, 0.717) is 12.6 Å². The molecule has 0 spiro atoms. The molecule has 0 aromatic rings. The zero-order chi connectivity index (χ0) is 16.7. The lowest BCUT2D eigenvalue weighted by Gasteiger charge is -2.38. The van der Waals surface area contributed by atoms with Gasteiger partial charge >= 0.3 is 0 Å². The van der Waals surface area contributed by atoms with Gasteiger partial charge in [0, 0.05) is 18.5 Å². The number of amides is 2. The number of unbranched alkanes of at least 4 members (excludes halogenated alkanes) is 1. The van der Waals surface area contributed by atoms with Crippen LogP contribution in [0.15, 0.2) is 0 Å². The van der Waals surface area contributed by atoms with Crippen LogP contribution in [0.25, 0.3) is 0 Å². The summed E-state index contributed by atoms with van der Waals surface area (Å²) in [5.41, 5.74) is -0.669. The minimum absolute atomic E-state index is 0.0287. The van der Waals surface area contributed by atoms with Gasteiger partial charge in [-0.25, -0.2) is 0 Å². The van der Waals surface area contributed by atoms with Crippen molar-refractivity contribution < 1.29 is 9.59 Å². The Kier molecular flexibility index (Phi) is 6.88. The van der Waals surface area contributed by atoms with Crippen molar-refractivity contribution >= 4 is 11.8 Å². The van der Waals surface area contributed by atoms with Gasteiger partial charge in [-0.1, -0.05) is 32.6 Å².